The van der Waals surface area contributed by atoms with E-state index in [1.807, 2.05) is 27.0 Å². The summed E-state index contributed by atoms with van der Waals surface area (Å²) >= 11 is 0. The number of halogens is 1. The van der Waals surface area contributed by atoms with Crippen molar-refractivity contribution in [3.8, 4) is 0 Å². The minimum Gasteiger partial charge on any atom is -0.354 e. The van der Waals surface area contributed by atoms with Crippen molar-refractivity contribution < 1.29 is 4.39 Å². The third kappa shape index (κ3) is 6.30. The van der Waals surface area contributed by atoms with E-state index < -0.39 is 5.67 Å². The molecule has 0 aromatic carbocycles. The number of hydrogen-bond donors (Lipinski definition) is 1. The van der Waals surface area contributed by atoms with Gasteiger partial charge in [-0.05, 0) is 37.8 Å². The Morgan fingerprint density at radius 3 is 2.45 bits per heavy atom. The van der Waals surface area contributed by atoms with Crippen LogP contribution in [0.15, 0.2) is 18.3 Å². The molecule has 0 bridgehead atoms. The molecule has 1 N–H and O–H groups in total. The van der Waals surface area contributed by atoms with Crippen LogP contribution in [0.25, 0.3) is 0 Å². The Morgan fingerprint density at radius 1 is 1.23 bits per heavy atom. The summed E-state index contributed by atoms with van der Waals surface area (Å²) in [5.74, 6) is 1.03. The van der Waals surface area contributed by atoms with Gasteiger partial charge >= 0.3 is 0 Å². The van der Waals surface area contributed by atoms with Crippen molar-refractivity contribution in [2.45, 2.75) is 59.0 Å². The molecule has 1 unspecified atom stereocenters. The number of hydrogen-bond acceptors (Lipinski definition) is 3. The first kappa shape index (κ1) is 18.9. The molecule has 1 fully saturated rings. The third-order valence-corrected chi connectivity index (χ3v) is 3.96. The summed E-state index contributed by atoms with van der Waals surface area (Å²) in [6.45, 7) is 11.8. The third-order valence-electron chi connectivity index (χ3n) is 3.96. The number of pyridine rings is 1. The predicted octanol–water partition coefficient (Wildman–Crippen LogP) is 3.98. The average molecular weight is 309 g/mol. The smallest absolute Gasteiger partial charge is 0.128 e. The Kier molecular flexibility index (Phi) is 8.39. The lowest BCUT2D eigenvalue weighted by Gasteiger charge is -2.28. The first-order chi connectivity index (χ1) is 10.6. The molecule has 2 rings (SSSR count). The zero-order chi connectivity index (χ0) is 16.4. The number of nitrogens with one attached hydrogen (secondary N) is 1. The van der Waals surface area contributed by atoms with Gasteiger partial charge in [-0.25, -0.2) is 9.37 Å². The summed E-state index contributed by atoms with van der Waals surface area (Å²) < 4.78 is 14.1. The Morgan fingerprint density at radius 2 is 1.91 bits per heavy atom. The van der Waals surface area contributed by atoms with Crippen LogP contribution in [-0.4, -0.2) is 36.8 Å². The summed E-state index contributed by atoms with van der Waals surface area (Å²) in [5.41, 5.74) is 0.0789. The van der Waals surface area contributed by atoms with Gasteiger partial charge in [0.2, 0.25) is 0 Å². The van der Waals surface area contributed by atoms with Crippen molar-refractivity contribution in [3.63, 3.8) is 0 Å². The van der Waals surface area contributed by atoms with E-state index in [1.54, 1.807) is 6.92 Å². The molecule has 1 aliphatic heterocycles. The van der Waals surface area contributed by atoms with Gasteiger partial charge in [0.05, 0.1) is 0 Å². The van der Waals surface area contributed by atoms with Gasteiger partial charge in [0.25, 0.3) is 0 Å². The van der Waals surface area contributed by atoms with Gasteiger partial charge in [0, 0.05) is 32.4 Å². The van der Waals surface area contributed by atoms with Crippen LogP contribution in [0.1, 0.15) is 52.5 Å². The molecule has 0 aliphatic carbocycles. The maximum Gasteiger partial charge on any atom is 0.128 e. The van der Waals surface area contributed by atoms with Gasteiger partial charge in [-0.2, -0.15) is 0 Å². The number of rotatable bonds is 6. The molecule has 0 amide bonds. The Balaban J connectivity index is 0.00000116. The minimum atomic E-state index is -1.05. The highest BCUT2D eigenvalue weighted by Gasteiger charge is 2.21. The fourth-order valence-electron chi connectivity index (χ4n) is 2.70. The summed E-state index contributed by atoms with van der Waals surface area (Å²) in [7, 11) is 0. The van der Waals surface area contributed by atoms with Crippen LogP contribution in [0.2, 0.25) is 0 Å². The Bertz CT molecular complexity index is 397. The zero-order valence-electron chi connectivity index (χ0n) is 14.7. The second-order valence-corrected chi connectivity index (χ2v) is 5.93. The number of alkyl halides is 1. The van der Waals surface area contributed by atoms with Gasteiger partial charge in [-0.3, -0.25) is 0 Å². The highest BCUT2D eigenvalue weighted by Crippen LogP contribution is 2.24. The second kappa shape index (κ2) is 9.78. The van der Waals surface area contributed by atoms with Crippen LogP contribution in [-0.2, 0) is 6.42 Å². The van der Waals surface area contributed by atoms with E-state index in [0.29, 0.717) is 12.8 Å². The predicted molar refractivity (Wildman–Crippen MR) is 93.4 cm³/mol. The molecular formula is C18H32FN3. The fourth-order valence-corrected chi connectivity index (χ4v) is 2.70. The molecule has 0 radical (unpaired) electrons. The van der Waals surface area contributed by atoms with E-state index in [1.165, 1.54) is 0 Å². The van der Waals surface area contributed by atoms with E-state index in [-0.39, 0.29) is 0 Å². The summed E-state index contributed by atoms with van der Waals surface area (Å²) in [6.07, 6.45) is 4.78. The number of aryl methyl sites for hydroxylation is 1. The van der Waals surface area contributed by atoms with Crippen molar-refractivity contribution in [3.05, 3.63) is 23.9 Å². The van der Waals surface area contributed by atoms with Crippen LogP contribution >= 0.6 is 0 Å². The van der Waals surface area contributed by atoms with Crippen LogP contribution in [0.5, 0.6) is 0 Å². The summed E-state index contributed by atoms with van der Waals surface area (Å²) in [6, 6.07) is 4.16. The van der Waals surface area contributed by atoms with Gasteiger partial charge < -0.3 is 10.2 Å². The monoisotopic (exact) mass is 309 g/mol. The zero-order valence-corrected chi connectivity index (χ0v) is 14.7. The first-order valence-electron chi connectivity index (χ1n) is 8.70. The molecule has 3 nitrogen and oxygen atoms in total. The number of aromatic nitrogens is 1. The van der Waals surface area contributed by atoms with Crippen LogP contribution in [0.3, 0.4) is 0 Å². The summed E-state index contributed by atoms with van der Waals surface area (Å²) in [5, 5.41) is 3.33. The number of piperazine rings is 1. The van der Waals surface area contributed by atoms with Crippen LogP contribution in [0, 0.1) is 0 Å². The highest BCUT2D eigenvalue weighted by atomic mass is 19.1. The van der Waals surface area contributed by atoms with Gasteiger partial charge in [0.15, 0.2) is 0 Å². The molecule has 126 valence electrons. The fraction of sp³-hybridized carbons (Fsp3) is 0.722. The van der Waals surface area contributed by atoms with E-state index in [2.05, 4.69) is 27.3 Å². The van der Waals surface area contributed by atoms with E-state index in [4.69, 9.17) is 0 Å². The van der Waals surface area contributed by atoms with Crippen LogP contribution < -0.4 is 10.2 Å². The van der Waals surface area contributed by atoms with Gasteiger partial charge in [0.1, 0.15) is 11.5 Å². The molecule has 1 saturated heterocycles. The van der Waals surface area contributed by atoms with E-state index >= 15 is 0 Å². The number of nitrogens with zero attached hydrogens (tertiary/aromatic N) is 2. The average Bonchev–Trinajstić information content (AvgIpc) is 2.56. The van der Waals surface area contributed by atoms with Crippen molar-refractivity contribution in [2.75, 3.05) is 31.1 Å². The molecule has 1 aromatic rings. The maximum absolute atomic E-state index is 14.1. The van der Waals surface area contributed by atoms with Gasteiger partial charge in [-0.1, -0.05) is 33.3 Å². The molecule has 1 aromatic heterocycles. The molecule has 22 heavy (non-hydrogen) atoms. The van der Waals surface area contributed by atoms with E-state index in [9.17, 15) is 4.39 Å². The Labute approximate surface area is 135 Å². The maximum atomic E-state index is 14.1. The lowest BCUT2D eigenvalue weighted by Crippen LogP contribution is -2.43. The molecular weight excluding hydrogens is 277 g/mol. The second-order valence-electron chi connectivity index (χ2n) is 5.93. The van der Waals surface area contributed by atoms with Crippen molar-refractivity contribution in [2.24, 2.45) is 0 Å². The van der Waals surface area contributed by atoms with Crippen LogP contribution in [0.4, 0.5) is 10.2 Å². The highest BCUT2D eigenvalue weighted by molar-refractivity contribution is 5.39. The van der Waals surface area contributed by atoms with E-state index in [0.717, 1.165) is 50.4 Å². The lowest BCUT2D eigenvalue weighted by molar-refractivity contribution is 0.160. The largest absolute Gasteiger partial charge is 0.354 e. The van der Waals surface area contributed by atoms with Crippen molar-refractivity contribution in [1.82, 2.24) is 10.3 Å². The minimum absolute atomic E-state index is 0.579. The Hall–Kier alpha value is -1.16. The van der Waals surface area contributed by atoms with Crippen molar-refractivity contribution >= 4 is 5.82 Å². The topological polar surface area (TPSA) is 28.2 Å². The molecule has 1 aliphatic rings. The molecule has 0 saturated carbocycles. The summed E-state index contributed by atoms with van der Waals surface area (Å²) in [4.78, 5) is 6.81. The lowest BCUT2D eigenvalue weighted by atomic mass is 9.95. The molecule has 0 spiro atoms. The van der Waals surface area contributed by atoms with Crippen molar-refractivity contribution in [1.29, 1.82) is 0 Å². The first-order valence-corrected chi connectivity index (χ1v) is 8.70. The molecule has 4 heteroatoms. The molecule has 2 heterocycles. The number of anilines is 1. The quantitative estimate of drug-likeness (QED) is 0.861. The van der Waals surface area contributed by atoms with Gasteiger partial charge in [-0.15, -0.1) is 0 Å². The SMILES string of the molecule is CC.CCCC(C)(F)CCc1ccc(N2CCNCC2)nc1. The standard InChI is InChI=1S/C16H26FN3.C2H6/c1-3-7-16(2,17)8-6-14-4-5-15(19-13-14)20-11-9-18-10-12-20;1-2/h4-5,13,18H,3,6-12H2,1-2H3;1-2H3. The molecule has 1 atom stereocenters. The normalized spacial score (nSPS) is 17.4.